The number of amides is 1. The van der Waals surface area contributed by atoms with Gasteiger partial charge in [-0.05, 0) is 49.3 Å². The second kappa shape index (κ2) is 10.5. The molecule has 0 aliphatic heterocycles. The number of hydrogen-bond donors (Lipinski definition) is 1. The van der Waals surface area contributed by atoms with E-state index in [1.807, 2.05) is 37.3 Å². The first kappa shape index (κ1) is 22.8. The van der Waals surface area contributed by atoms with Crippen LogP contribution in [0.5, 0.6) is 5.75 Å². The molecule has 31 heavy (non-hydrogen) atoms. The lowest BCUT2D eigenvalue weighted by molar-refractivity contribution is -0.123. The minimum Gasteiger partial charge on any atom is -0.484 e. The van der Waals surface area contributed by atoms with Crippen LogP contribution in [0.2, 0.25) is 5.02 Å². The molecule has 1 atom stereocenters. The van der Waals surface area contributed by atoms with Crippen molar-refractivity contribution in [3.63, 3.8) is 0 Å². The third-order valence-corrected chi connectivity index (χ3v) is 5.65. The smallest absolute Gasteiger partial charge is 0.336 e. The molecule has 164 valence electrons. The van der Waals surface area contributed by atoms with Gasteiger partial charge in [0.25, 0.3) is 5.91 Å². The molecule has 3 aromatic rings. The number of hydrogen-bond acceptors (Lipinski definition) is 5. The molecule has 0 fully saturated rings. The van der Waals surface area contributed by atoms with Crippen molar-refractivity contribution in [2.24, 2.45) is 0 Å². The molecular formula is C24H27ClN2O4. The molecule has 3 rings (SSSR count). The van der Waals surface area contributed by atoms with E-state index in [2.05, 4.69) is 24.1 Å². The van der Waals surface area contributed by atoms with Crippen molar-refractivity contribution in [3.8, 4) is 5.75 Å². The minimum atomic E-state index is -0.415. The van der Waals surface area contributed by atoms with Crippen LogP contribution in [0.15, 0.2) is 57.7 Å². The van der Waals surface area contributed by atoms with Crippen molar-refractivity contribution in [2.45, 2.75) is 26.8 Å². The minimum absolute atomic E-state index is 0.0365. The summed E-state index contributed by atoms with van der Waals surface area (Å²) in [6, 6.07) is 14.3. The van der Waals surface area contributed by atoms with E-state index in [4.69, 9.17) is 20.8 Å². The van der Waals surface area contributed by atoms with Crippen molar-refractivity contribution in [1.82, 2.24) is 10.2 Å². The van der Waals surface area contributed by atoms with Gasteiger partial charge in [-0.2, -0.15) is 0 Å². The molecule has 0 bridgehead atoms. The monoisotopic (exact) mass is 442 g/mol. The maximum atomic E-state index is 12.4. The molecule has 7 heteroatoms. The number of carbonyl (C=O) groups is 1. The molecule has 0 saturated heterocycles. The highest BCUT2D eigenvalue weighted by Crippen LogP contribution is 2.27. The first-order chi connectivity index (χ1) is 14.9. The third-order valence-electron chi connectivity index (χ3n) is 5.30. The number of fused-ring (bicyclic) bond motifs is 1. The van der Waals surface area contributed by atoms with Crippen LogP contribution in [-0.4, -0.2) is 37.0 Å². The largest absolute Gasteiger partial charge is 0.484 e. The summed E-state index contributed by atoms with van der Waals surface area (Å²) in [5, 5.41) is 4.46. The molecule has 1 aromatic heterocycles. The number of nitrogens with zero attached hydrogens (tertiary/aromatic N) is 1. The van der Waals surface area contributed by atoms with Crippen molar-refractivity contribution in [2.75, 3.05) is 26.2 Å². The second-order valence-electron chi connectivity index (χ2n) is 7.26. The van der Waals surface area contributed by atoms with Crippen molar-refractivity contribution >= 4 is 28.5 Å². The number of carbonyl (C=O) groups excluding carboxylic acids is 1. The van der Waals surface area contributed by atoms with Crippen LogP contribution in [0.4, 0.5) is 0 Å². The molecule has 1 N–H and O–H groups in total. The molecule has 0 saturated carbocycles. The Kier molecular flexibility index (Phi) is 7.71. The average Bonchev–Trinajstić information content (AvgIpc) is 2.75. The number of likely N-dealkylation sites (N-methyl/N-ethyl adjacent to an activating group) is 1. The van der Waals surface area contributed by atoms with E-state index in [1.165, 1.54) is 6.07 Å². The van der Waals surface area contributed by atoms with Crippen LogP contribution in [0.3, 0.4) is 0 Å². The van der Waals surface area contributed by atoms with E-state index in [1.54, 1.807) is 12.1 Å². The lowest BCUT2D eigenvalue weighted by Gasteiger charge is -2.30. The zero-order valence-corrected chi connectivity index (χ0v) is 18.7. The Morgan fingerprint density at radius 2 is 1.90 bits per heavy atom. The van der Waals surface area contributed by atoms with E-state index in [0.717, 1.165) is 29.6 Å². The van der Waals surface area contributed by atoms with Gasteiger partial charge in [0.2, 0.25) is 0 Å². The van der Waals surface area contributed by atoms with Gasteiger partial charge in [0.05, 0.1) is 6.04 Å². The van der Waals surface area contributed by atoms with Crippen LogP contribution >= 0.6 is 11.6 Å². The molecule has 1 heterocycles. The maximum absolute atomic E-state index is 12.4. The Hall–Kier alpha value is -2.83. The normalized spacial score (nSPS) is 12.2. The summed E-state index contributed by atoms with van der Waals surface area (Å²) in [6.07, 6.45) is 0. The summed E-state index contributed by atoms with van der Waals surface area (Å²) in [4.78, 5) is 26.3. The Labute approximate surface area is 186 Å². The van der Waals surface area contributed by atoms with Gasteiger partial charge < -0.3 is 14.5 Å². The van der Waals surface area contributed by atoms with Gasteiger partial charge in [-0.15, -0.1) is 0 Å². The fourth-order valence-electron chi connectivity index (χ4n) is 3.65. The van der Waals surface area contributed by atoms with E-state index in [-0.39, 0.29) is 18.6 Å². The van der Waals surface area contributed by atoms with E-state index in [0.29, 0.717) is 22.9 Å². The second-order valence-corrected chi connectivity index (χ2v) is 7.66. The lowest BCUT2D eigenvalue weighted by atomic mass is 10.0. The summed E-state index contributed by atoms with van der Waals surface area (Å²) < 4.78 is 10.8. The number of rotatable bonds is 9. The van der Waals surface area contributed by atoms with E-state index in [9.17, 15) is 9.59 Å². The summed E-state index contributed by atoms with van der Waals surface area (Å²) in [5.74, 6) is 0.220. The van der Waals surface area contributed by atoms with Crippen LogP contribution in [0.1, 0.15) is 31.0 Å². The molecule has 0 aliphatic carbocycles. The molecule has 0 radical (unpaired) electrons. The van der Waals surface area contributed by atoms with Gasteiger partial charge in [0.1, 0.15) is 11.3 Å². The zero-order chi connectivity index (χ0) is 22.4. The molecule has 6 nitrogen and oxygen atoms in total. The lowest BCUT2D eigenvalue weighted by Crippen LogP contribution is -2.39. The van der Waals surface area contributed by atoms with E-state index >= 15 is 0 Å². The molecule has 2 aromatic carbocycles. The first-order valence-electron chi connectivity index (χ1n) is 10.3. The maximum Gasteiger partial charge on any atom is 0.336 e. The SMILES string of the molecule is CCN(CC)[C@@H](CNC(=O)COc1ccc2c(C)cc(=O)oc2c1)c1ccccc1Cl. The highest BCUT2D eigenvalue weighted by Gasteiger charge is 2.21. The Morgan fingerprint density at radius 1 is 1.16 bits per heavy atom. The topological polar surface area (TPSA) is 71.8 Å². The predicted octanol–water partition coefficient (Wildman–Crippen LogP) is 4.33. The summed E-state index contributed by atoms with van der Waals surface area (Å²) in [7, 11) is 0. The van der Waals surface area contributed by atoms with Gasteiger partial charge >= 0.3 is 5.63 Å². The Bertz CT molecular complexity index is 1110. The quantitative estimate of drug-likeness (QED) is 0.499. The highest BCUT2D eigenvalue weighted by molar-refractivity contribution is 6.31. The summed E-state index contributed by atoms with van der Waals surface area (Å²) in [5.41, 5.74) is 1.83. The van der Waals surface area contributed by atoms with E-state index < -0.39 is 5.63 Å². The van der Waals surface area contributed by atoms with Gasteiger partial charge in [0.15, 0.2) is 6.61 Å². The van der Waals surface area contributed by atoms with Gasteiger partial charge in [-0.25, -0.2) is 4.79 Å². The predicted molar refractivity (Wildman–Crippen MR) is 123 cm³/mol. The molecule has 1 amide bonds. The standard InChI is InChI=1S/C24H27ClN2O4/c1-4-27(5-2)21(19-8-6-7-9-20(19)25)14-26-23(28)15-30-17-10-11-18-16(3)12-24(29)31-22(18)13-17/h6-13,21H,4-5,14-15H2,1-3H3,(H,26,28)/t21-/m0/s1. The molecule has 0 aliphatic rings. The van der Waals surface area contributed by atoms with Crippen LogP contribution in [-0.2, 0) is 4.79 Å². The first-order valence-corrected chi connectivity index (χ1v) is 10.7. The van der Waals surface area contributed by atoms with Crippen LogP contribution < -0.4 is 15.7 Å². The number of benzene rings is 2. The van der Waals surface area contributed by atoms with Gasteiger partial charge in [-0.1, -0.05) is 43.6 Å². The number of ether oxygens (including phenoxy) is 1. The number of nitrogens with one attached hydrogen (secondary N) is 1. The summed E-state index contributed by atoms with van der Waals surface area (Å²) >= 11 is 6.41. The Balaban J connectivity index is 1.65. The third kappa shape index (κ3) is 5.66. The number of aryl methyl sites for hydroxylation is 1. The molecular weight excluding hydrogens is 416 g/mol. The van der Waals surface area contributed by atoms with Crippen molar-refractivity contribution < 1.29 is 13.9 Å². The fourth-order valence-corrected chi connectivity index (χ4v) is 3.91. The van der Waals surface area contributed by atoms with Crippen molar-refractivity contribution in [1.29, 1.82) is 0 Å². The molecule has 0 spiro atoms. The Morgan fingerprint density at radius 3 is 2.61 bits per heavy atom. The zero-order valence-electron chi connectivity index (χ0n) is 18.0. The molecule has 0 unspecified atom stereocenters. The van der Waals surface area contributed by atoms with Gasteiger partial charge in [0, 0.05) is 29.1 Å². The van der Waals surface area contributed by atoms with Gasteiger partial charge in [-0.3, -0.25) is 9.69 Å². The average molecular weight is 443 g/mol. The highest BCUT2D eigenvalue weighted by atomic mass is 35.5. The summed E-state index contributed by atoms with van der Waals surface area (Å²) in [6.45, 7) is 7.95. The van der Waals surface area contributed by atoms with Crippen molar-refractivity contribution in [3.05, 3.63) is 75.1 Å². The van der Waals surface area contributed by atoms with Crippen LogP contribution in [0, 0.1) is 6.92 Å². The van der Waals surface area contributed by atoms with Crippen LogP contribution in [0.25, 0.3) is 11.0 Å². The number of halogens is 1. The fraction of sp³-hybridized carbons (Fsp3) is 0.333.